The maximum Gasteiger partial charge on any atom is 0.119 e. The number of hydrogen-bond acceptors (Lipinski definition) is 2. The number of anilines is 1. The third kappa shape index (κ3) is 7.23. The fourth-order valence-corrected chi connectivity index (χ4v) is 2.56. The van der Waals surface area contributed by atoms with Crippen LogP contribution in [-0.4, -0.2) is 13.2 Å². The number of benzene rings is 2. The molecule has 0 saturated carbocycles. The topological polar surface area (TPSA) is 21.3 Å². The van der Waals surface area contributed by atoms with Crippen molar-refractivity contribution < 1.29 is 4.74 Å². The van der Waals surface area contributed by atoms with Gasteiger partial charge in [-0.3, -0.25) is 0 Å². The van der Waals surface area contributed by atoms with E-state index in [2.05, 4.69) is 66.8 Å². The second-order valence-electron chi connectivity index (χ2n) is 5.95. The first-order valence-corrected chi connectivity index (χ1v) is 8.89. The molecule has 0 aromatic heterocycles. The van der Waals surface area contributed by atoms with Crippen LogP contribution >= 0.6 is 0 Å². The number of rotatable bonds is 11. The minimum Gasteiger partial charge on any atom is -0.494 e. The van der Waals surface area contributed by atoms with Gasteiger partial charge in [-0.15, -0.1) is 0 Å². The number of unbranched alkanes of at least 4 members (excludes halogenated alkanes) is 4. The van der Waals surface area contributed by atoms with Crippen LogP contribution in [0, 0.1) is 0 Å². The highest BCUT2D eigenvalue weighted by Crippen LogP contribution is 2.16. The molecule has 0 aliphatic carbocycles. The van der Waals surface area contributed by atoms with E-state index in [1.165, 1.54) is 31.2 Å². The molecule has 0 fully saturated rings. The summed E-state index contributed by atoms with van der Waals surface area (Å²) >= 11 is 0. The molecule has 0 saturated heterocycles. The van der Waals surface area contributed by atoms with Crippen LogP contribution in [0.25, 0.3) is 0 Å². The second-order valence-corrected chi connectivity index (χ2v) is 5.95. The Morgan fingerprint density at radius 3 is 2.30 bits per heavy atom. The molecule has 0 radical (unpaired) electrons. The van der Waals surface area contributed by atoms with Crippen molar-refractivity contribution in [1.82, 2.24) is 0 Å². The SMILES string of the molecule is CCCCCCCOc1ccc(NCCc2ccccc2)cc1. The molecule has 0 aliphatic heterocycles. The molecule has 0 spiro atoms. The third-order valence-corrected chi connectivity index (χ3v) is 3.96. The van der Waals surface area contributed by atoms with Crippen molar-refractivity contribution in [2.75, 3.05) is 18.5 Å². The lowest BCUT2D eigenvalue weighted by molar-refractivity contribution is 0.304. The monoisotopic (exact) mass is 311 g/mol. The zero-order valence-electron chi connectivity index (χ0n) is 14.3. The largest absolute Gasteiger partial charge is 0.494 e. The standard InChI is InChI=1S/C21H29NO/c1-2-3-4-5-9-18-23-21-14-12-20(13-15-21)22-17-16-19-10-7-6-8-11-19/h6-8,10-15,22H,2-5,9,16-18H2,1H3. The van der Waals surface area contributed by atoms with E-state index >= 15 is 0 Å². The summed E-state index contributed by atoms with van der Waals surface area (Å²) in [6.07, 6.45) is 7.41. The summed E-state index contributed by atoms with van der Waals surface area (Å²) in [6, 6.07) is 18.9. The first-order valence-electron chi connectivity index (χ1n) is 8.89. The summed E-state index contributed by atoms with van der Waals surface area (Å²) in [5, 5.41) is 3.46. The molecular weight excluding hydrogens is 282 g/mol. The van der Waals surface area contributed by atoms with Gasteiger partial charge in [-0.05, 0) is 42.7 Å². The summed E-state index contributed by atoms with van der Waals surface area (Å²) < 4.78 is 5.79. The molecular formula is C21H29NO. The highest BCUT2D eigenvalue weighted by Gasteiger charge is 1.97. The van der Waals surface area contributed by atoms with Gasteiger partial charge in [-0.1, -0.05) is 62.9 Å². The van der Waals surface area contributed by atoms with Gasteiger partial charge in [0.15, 0.2) is 0 Å². The van der Waals surface area contributed by atoms with Crippen LogP contribution in [0.1, 0.15) is 44.6 Å². The average Bonchev–Trinajstić information content (AvgIpc) is 2.60. The molecule has 2 heteroatoms. The molecule has 0 bridgehead atoms. The van der Waals surface area contributed by atoms with Crippen molar-refractivity contribution in [1.29, 1.82) is 0 Å². The van der Waals surface area contributed by atoms with Crippen molar-refractivity contribution in [3.63, 3.8) is 0 Å². The molecule has 2 aromatic carbocycles. The molecule has 2 aromatic rings. The molecule has 23 heavy (non-hydrogen) atoms. The average molecular weight is 311 g/mol. The Kier molecular flexibility index (Phi) is 8.10. The number of hydrogen-bond donors (Lipinski definition) is 1. The molecule has 124 valence electrons. The fraction of sp³-hybridized carbons (Fsp3) is 0.429. The van der Waals surface area contributed by atoms with Crippen molar-refractivity contribution in [2.24, 2.45) is 0 Å². The smallest absolute Gasteiger partial charge is 0.119 e. The van der Waals surface area contributed by atoms with Gasteiger partial charge in [-0.2, -0.15) is 0 Å². The van der Waals surface area contributed by atoms with E-state index in [9.17, 15) is 0 Å². The normalized spacial score (nSPS) is 10.5. The highest BCUT2D eigenvalue weighted by molar-refractivity contribution is 5.46. The summed E-state index contributed by atoms with van der Waals surface area (Å²) in [4.78, 5) is 0. The minimum absolute atomic E-state index is 0.824. The maximum atomic E-state index is 5.79. The Hall–Kier alpha value is -1.96. The van der Waals surface area contributed by atoms with Gasteiger partial charge in [0.2, 0.25) is 0 Å². The quantitative estimate of drug-likeness (QED) is 0.538. The minimum atomic E-state index is 0.824. The number of ether oxygens (including phenoxy) is 1. The Bertz CT molecular complexity index is 521. The van der Waals surface area contributed by atoms with Crippen LogP contribution in [0.3, 0.4) is 0 Å². The molecule has 2 rings (SSSR count). The van der Waals surface area contributed by atoms with Gasteiger partial charge in [0.05, 0.1) is 6.61 Å². The fourth-order valence-electron chi connectivity index (χ4n) is 2.56. The lowest BCUT2D eigenvalue weighted by Crippen LogP contribution is -2.04. The van der Waals surface area contributed by atoms with Crippen molar-refractivity contribution in [2.45, 2.75) is 45.4 Å². The summed E-state index contributed by atoms with van der Waals surface area (Å²) in [6.45, 7) is 4.01. The lowest BCUT2D eigenvalue weighted by Gasteiger charge is -2.09. The van der Waals surface area contributed by atoms with E-state index in [1.807, 2.05) is 0 Å². The van der Waals surface area contributed by atoms with Crippen LogP contribution in [0.4, 0.5) is 5.69 Å². The molecule has 0 amide bonds. The predicted octanol–water partition coefficient (Wildman–Crippen LogP) is 5.69. The van der Waals surface area contributed by atoms with Crippen LogP contribution in [-0.2, 0) is 6.42 Å². The van der Waals surface area contributed by atoms with Crippen LogP contribution in [0.2, 0.25) is 0 Å². The molecule has 1 N–H and O–H groups in total. The number of nitrogens with one attached hydrogen (secondary N) is 1. The summed E-state index contributed by atoms with van der Waals surface area (Å²) in [5.41, 5.74) is 2.51. The molecule has 0 heterocycles. The van der Waals surface area contributed by atoms with Gasteiger partial charge < -0.3 is 10.1 Å². The first kappa shape index (κ1) is 17.4. The van der Waals surface area contributed by atoms with E-state index in [-0.39, 0.29) is 0 Å². The van der Waals surface area contributed by atoms with E-state index in [4.69, 9.17) is 4.74 Å². The zero-order chi connectivity index (χ0) is 16.2. The lowest BCUT2D eigenvalue weighted by atomic mass is 10.1. The van der Waals surface area contributed by atoms with Gasteiger partial charge in [0.1, 0.15) is 5.75 Å². The Morgan fingerprint density at radius 2 is 1.57 bits per heavy atom. The van der Waals surface area contributed by atoms with Gasteiger partial charge >= 0.3 is 0 Å². The third-order valence-electron chi connectivity index (χ3n) is 3.96. The van der Waals surface area contributed by atoms with Gasteiger partial charge in [-0.25, -0.2) is 0 Å². The Balaban J connectivity index is 1.62. The Labute approximate surface area is 140 Å². The highest BCUT2D eigenvalue weighted by atomic mass is 16.5. The predicted molar refractivity (Wildman–Crippen MR) is 99.3 cm³/mol. The van der Waals surface area contributed by atoms with Gasteiger partial charge in [0.25, 0.3) is 0 Å². The maximum absolute atomic E-state index is 5.79. The van der Waals surface area contributed by atoms with Crippen molar-refractivity contribution in [3.8, 4) is 5.75 Å². The van der Waals surface area contributed by atoms with Gasteiger partial charge in [0, 0.05) is 12.2 Å². The van der Waals surface area contributed by atoms with E-state index in [1.54, 1.807) is 0 Å². The van der Waals surface area contributed by atoms with Crippen LogP contribution < -0.4 is 10.1 Å². The first-order chi connectivity index (χ1) is 11.4. The second kappa shape index (κ2) is 10.7. The molecule has 0 aliphatic rings. The summed E-state index contributed by atoms with van der Waals surface area (Å²) in [7, 11) is 0. The molecule has 0 atom stereocenters. The summed E-state index contributed by atoms with van der Waals surface area (Å²) in [5.74, 6) is 0.967. The van der Waals surface area contributed by atoms with Crippen molar-refractivity contribution >= 4 is 5.69 Å². The Morgan fingerprint density at radius 1 is 0.826 bits per heavy atom. The van der Waals surface area contributed by atoms with Crippen LogP contribution in [0.5, 0.6) is 5.75 Å². The van der Waals surface area contributed by atoms with E-state index in [0.29, 0.717) is 0 Å². The van der Waals surface area contributed by atoms with E-state index < -0.39 is 0 Å². The molecule has 2 nitrogen and oxygen atoms in total. The van der Waals surface area contributed by atoms with Crippen molar-refractivity contribution in [3.05, 3.63) is 60.2 Å². The zero-order valence-corrected chi connectivity index (χ0v) is 14.3. The van der Waals surface area contributed by atoms with E-state index in [0.717, 1.165) is 37.4 Å². The van der Waals surface area contributed by atoms with Crippen LogP contribution in [0.15, 0.2) is 54.6 Å². The molecule has 0 unspecified atom stereocenters.